The van der Waals surface area contributed by atoms with Gasteiger partial charge in [0.25, 0.3) is 0 Å². The second-order valence-corrected chi connectivity index (χ2v) is 5.02. The molecule has 0 unspecified atom stereocenters. The van der Waals surface area contributed by atoms with Crippen molar-refractivity contribution in [1.29, 1.82) is 0 Å². The summed E-state index contributed by atoms with van der Waals surface area (Å²) in [5, 5.41) is 12.3. The Labute approximate surface area is 101 Å². The van der Waals surface area contributed by atoms with Crippen molar-refractivity contribution in [3.63, 3.8) is 0 Å². The maximum Gasteiger partial charge on any atom is 0.323 e. The zero-order valence-corrected chi connectivity index (χ0v) is 10.3. The van der Waals surface area contributed by atoms with E-state index in [1.807, 2.05) is 31.2 Å². The summed E-state index contributed by atoms with van der Waals surface area (Å²) in [6.45, 7) is 5.39. The lowest BCUT2D eigenvalue weighted by molar-refractivity contribution is -0.143. The molecule has 0 heterocycles. The van der Waals surface area contributed by atoms with E-state index in [-0.39, 0.29) is 6.04 Å². The number of benzene rings is 1. The summed E-state index contributed by atoms with van der Waals surface area (Å²) in [6, 6.07) is 8.06. The average molecular weight is 231 g/mol. The lowest BCUT2D eigenvalue weighted by atomic mass is 9.98. The van der Waals surface area contributed by atoms with E-state index in [0.717, 1.165) is 11.1 Å². The maximum absolute atomic E-state index is 11.1. The molecule has 2 N–H and O–H groups in total. The molecule has 1 aliphatic carbocycles. The average Bonchev–Trinajstić information content (AvgIpc) is 2.55. The van der Waals surface area contributed by atoms with Gasteiger partial charge in [-0.3, -0.25) is 10.1 Å². The topological polar surface area (TPSA) is 49.3 Å². The van der Waals surface area contributed by atoms with E-state index >= 15 is 0 Å². The van der Waals surface area contributed by atoms with E-state index in [2.05, 4.69) is 11.4 Å². The van der Waals surface area contributed by atoms with E-state index in [1.54, 1.807) is 13.8 Å². The predicted octanol–water partition coefficient (Wildman–Crippen LogP) is 2.60. The highest BCUT2D eigenvalue weighted by molar-refractivity contribution is 5.78. The van der Waals surface area contributed by atoms with Crippen molar-refractivity contribution in [1.82, 2.24) is 5.32 Å². The Morgan fingerprint density at radius 2 is 2.00 bits per heavy atom. The van der Waals surface area contributed by atoms with Crippen molar-refractivity contribution < 1.29 is 9.90 Å². The third-order valence-electron chi connectivity index (χ3n) is 3.19. The van der Waals surface area contributed by atoms with Crippen molar-refractivity contribution in [3.05, 3.63) is 41.0 Å². The van der Waals surface area contributed by atoms with Gasteiger partial charge in [-0.25, -0.2) is 0 Å². The van der Waals surface area contributed by atoms with Crippen LogP contribution in [0.5, 0.6) is 0 Å². The molecular formula is C14H17NO2. The fraction of sp³-hybridized carbons (Fsp3) is 0.357. The molecule has 0 fully saturated rings. The van der Waals surface area contributed by atoms with Crippen LogP contribution in [0.4, 0.5) is 0 Å². The first-order valence-corrected chi connectivity index (χ1v) is 5.70. The molecule has 90 valence electrons. The van der Waals surface area contributed by atoms with Crippen LogP contribution in [0.15, 0.2) is 29.8 Å². The van der Waals surface area contributed by atoms with Crippen LogP contribution in [0.2, 0.25) is 0 Å². The van der Waals surface area contributed by atoms with Crippen LogP contribution >= 0.6 is 0 Å². The first-order chi connectivity index (χ1) is 7.92. The zero-order valence-electron chi connectivity index (χ0n) is 10.3. The third kappa shape index (κ3) is 2.11. The minimum absolute atomic E-state index is 0.00250. The van der Waals surface area contributed by atoms with Gasteiger partial charge in [0, 0.05) is 0 Å². The normalized spacial score (nSPS) is 18.8. The fourth-order valence-electron chi connectivity index (χ4n) is 2.09. The van der Waals surface area contributed by atoms with Crippen LogP contribution in [0.25, 0.3) is 6.08 Å². The highest BCUT2D eigenvalue weighted by Crippen LogP contribution is 2.35. The second kappa shape index (κ2) is 4.00. The smallest absolute Gasteiger partial charge is 0.323 e. The molecule has 2 rings (SSSR count). The number of hydrogen-bond acceptors (Lipinski definition) is 2. The first kappa shape index (κ1) is 11.9. The molecule has 0 aromatic heterocycles. The monoisotopic (exact) mass is 231 g/mol. The number of rotatable bonds is 3. The van der Waals surface area contributed by atoms with Crippen molar-refractivity contribution in [2.24, 2.45) is 0 Å². The molecule has 0 amide bonds. The van der Waals surface area contributed by atoms with Gasteiger partial charge in [-0.15, -0.1) is 0 Å². The Balaban J connectivity index is 2.30. The highest BCUT2D eigenvalue weighted by atomic mass is 16.4. The van der Waals surface area contributed by atoms with Gasteiger partial charge in [0.15, 0.2) is 0 Å². The Morgan fingerprint density at radius 3 is 2.65 bits per heavy atom. The minimum atomic E-state index is -0.933. The van der Waals surface area contributed by atoms with Gasteiger partial charge < -0.3 is 5.11 Å². The molecule has 1 aromatic carbocycles. The number of aliphatic carboxylic acids is 1. The van der Waals surface area contributed by atoms with Crippen LogP contribution in [-0.2, 0) is 4.79 Å². The van der Waals surface area contributed by atoms with Gasteiger partial charge in [0.2, 0.25) is 0 Å². The number of hydrogen-bond donors (Lipinski definition) is 2. The van der Waals surface area contributed by atoms with Gasteiger partial charge in [0.1, 0.15) is 5.54 Å². The molecule has 1 aliphatic rings. The molecule has 1 aromatic rings. The van der Waals surface area contributed by atoms with E-state index in [1.165, 1.54) is 5.56 Å². The number of nitrogens with one attached hydrogen (secondary N) is 1. The SMILES string of the molecule is CC1=Cc2ccccc2[C@H]1NC(C)(C)C(=O)O. The van der Waals surface area contributed by atoms with E-state index in [4.69, 9.17) is 5.11 Å². The lowest BCUT2D eigenvalue weighted by Gasteiger charge is -2.27. The molecular weight excluding hydrogens is 214 g/mol. The Kier molecular flexibility index (Phi) is 2.79. The van der Waals surface area contributed by atoms with Crippen molar-refractivity contribution in [2.75, 3.05) is 0 Å². The van der Waals surface area contributed by atoms with Crippen LogP contribution in [0, 0.1) is 0 Å². The van der Waals surface area contributed by atoms with Crippen LogP contribution < -0.4 is 5.32 Å². The van der Waals surface area contributed by atoms with Crippen molar-refractivity contribution in [3.8, 4) is 0 Å². The molecule has 3 heteroatoms. The molecule has 17 heavy (non-hydrogen) atoms. The summed E-state index contributed by atoms with van der Waals surface area (Å²) >= 11 is 0. The van der Waals surface area contributed by atoms with E-state index in [0.29, 0.717) is 0 Å². The third-order valence-corrected chi connectivity index (χ3v) is 3.19. The van der Waals surface area contributed by atoms with Crippen LogP contribution in [-0.4, -0.2) is 16.6 Å². The van der Waals surface area contributed by atoms with Crippen molar-refractivity contribution >= 4 is 12.0 Å². The summed E-state index contributed by atoms with van der Waals surface area (Å²) in [5.41, 5.74) is 2.54. The van der Waals surface area contributed by atoms with Gasteiger partial charge in [-0.1, -0.05) is 35.9 Å². The van der Waals surface area contributed by atoms with Crippen molar-refractivity contribution in [2.45, 2.75) is 32.4 Å². The predicted molar refractivity (Wildman–Crippen MR) is 67.7 cm³/mol. The second-order valence-electron chi connectivity index (χ2n) is 5.02. The largest absolute Gasteiger partial charge is 0.480 e. The molecule has 0 saturated carbocycles. The van der Waals surface area contributed by atoms with E-state index in [9.17, 15) is 4.79 Å². The summed E-state index contributed by atoms with van der Waals surface area (Å²) in [4.78, 5) is 11.1. The maximum atomic E-state index is 11.1. The summed E-state index contributed by atoms with van der Waals surface area (Å²) in [7, 11) is 0. The fourth-order valence-corrected chi connectivity index (χ4v) is 2.09. The van der Waals surface area contributed by atoms with Crippen LogP contribution in [0.3, 0.4) is 0 Å². The number of fused-ring (bicyclic) bond motifs is 1. The Morgan fingerprint density at radius 1 is 1.35 bits per heavy atom. The summed E-state index contributed by atoms with van der Waals surface area (Å²) < 4.78 is 0. The molecule has 0 bridgehead atoms. The zero-order chi connectivity index (χ0) is 12.6. The van der Waals surface area contributed by atoms with E-state index < -0.39 is 11.5 Å². The summed E-state index contributed by atoms with van der Waals surface area (Å²) in [6.07, 6.45) is 2.10. The molecule has 1 atom stereocenters. The number of carboxylic acids is 1. The number of carbonyl (C=O) groups is 1. The van der Waals surface area contributed by atoms with Gasteiger partial charge >= 0.3 is 5.97 Å². The standard InChI is InChI=1S/C14H17NO2/c1-9-8-10-6-4-5-7-11(10)12(9)15-14(2,3)13(16)17/h4-8,12,15H,1-3H3,(H,16,17)/t12-/m0/s1. The first-order valence-electron chi connectivity index (χ1n) is 5.70. The minimum Gasteiger partial charge on any atom is -0.480 e. The highest BCUT2D eigenvalue weighted by Gasteiger charge is 2.33. The summed E-state index contributed by atoms with van der Waals surface area (Å²) in [5.74, 6) is -0.838. The van der Waals surface area contributed by atoms with Gasteiger partial charge in [-0.05, 0) is 31.9 Å². The molecule has 3 nitrogen and oxygen atoms in total. The molecule has 0 saturated heterocycles. The van der Waals surface area contributed by atoms with Crippen LogP contribution in [0.1, 0.15) is 37.9 Å². The number of carboxylic acid groups (broad SMARTS) is 1. The Bertz CT molecular complexity index is 489. The lowest BCUT2D eigenvalue weighted by Crippen LogP contribution is -2.48. The van der Waals surface area contributed by atoms with Gasteiger partial charge in [-0.2, -0.15) is 0 Å². The molecule has 0 spiro atoms. The molecule has 0 aliphatic heterocycles. The molecule has 0 radical (unpaired) electrons. The Hall–Kier alpha value is -1.61. The quantitative estimate of drug-likeness (QED) is 0.840. The van der Waals surface area contributed by atoms with Gasteiger partial charge in [0.05, 0.1) is 6.04 Å².